The van der Waals surface area contributed by atoms with Crippen molar-refractivity contribution in [3.8, 4) is 0 Å². The monoisotopic (exact) mass is 288 g/mol. The van der Waals surface area contributed by atoms with E-state index in [4.69, 9.17) is 5.73 Å². The summed E-state index contributed by atoms with van der Waals surface area (Å²) in [7, 11) is 0. The maximum atomic E-state index is 12.3. The molecule has 1 heterocycles. The Morgan fingerprint density at radius 3 is 2.86 bits per heavy atom. The Balaban J connectivity index is 2.18. The van der Waals surface area contributed by atoms with Gasteiger partial charge in [0.25, 0.3) is 0 Å². The Labute approximate surface area is 124 Å². The van der Waals surface area contributed by atoms with E-state index in [0.717, 1.165) is 12.0 Å². The number of nitrogen functional groups attached to an aromatic ring is 1. The van der Waals surface area contributed by atoms with Gasteiger partial charge in [0, 0.05) is 18.3 Å². The molecule has 1 aromatic carbocycles. The van der Waals surface area contributed by atoms with Crippen molar-refractivity contribution in [2.45, 2.75) is 31.7 Å². The van der Waals surface area contributed by atoms with Crippen LogP contribution in [0.1, 0.15) is 31.7 Å². The van der Waals surface area contributed by atoms with Crippen molar-refractivity contribution in [3.05, 3.63) is 35.9 Å². The van der Waals surface area contributed by atoms with E-state index in [9.17, 15) is 14.7 Å². The van der Waals surface area contributed by atoms with E-state index in [-0.39, 0.29) is 5.91 Å². The average Bonchev–Trinajstić information content (AvgIpc) is 2.90. The number of amides is 1. The highest BCUT2D eigenvalue weighted by atomic mass is 16.4. The lowest BCUT2D eigenvalue weighted by atomic mass is 9.93. The molecule has 1 aliphatic rings. The normalized spacial score (nSPS) is 21.9. The smallest absolute Gasteiger partial charge is 0.329 e. The third kappa shape index (κ3) is 2.91. The minimum absolute atomic E-state index is 0.265. The number of rotatable bonds is 4. The molecular formula is C16H20N2O3. The maximum Gasteiger partial charge on any atom is 0.329 e. The first-order chi connectivity index (χ1) is 9.99. The van der Waals surface area contributed by atoms with Crippen molar-refractivity contribution in [1.82, 2.24) is 4.90 Å². The van der Waals surface area contributed by atoms with Crippen LogP contribution in [0.25, 0.3) is 6.08 Å². The second-order valence-electron chi connectivity index (χ2n) is 5.29. The summed E-state index contributed by atoms with van der Waals surface area (Å²) in [4.78, 5) is 25.4. The summed E-state index contributed by atoms with van der Waals surface area (Å²) in [6, 6.07) is 7.18. The first-order valence-corrected chi connectivity index (χ1v) is 7.08. The highest BCUT2D eigenvalue weighted by Gasteiger charge is 2.47. The summed E-state index contributed by atoms with van der Waals surface area (Å²) < 4.78 is 0. The van der Waals surface area contributed by atoms with Gasteiger partial charge in [-0.05, 0) is 43.0 Å². The molecule has 1 saturated heterocycles. The number of carbonyl (C=O) groups is 2. The molecule has 3 N–H and O–H groups in total. The summed E-state index contributed by atoms with van der Waals surface area (Å²) >= 11 is 0. The van der Waals surface area contributed by atoms with Crippen molar-refractivity contribution in [2.75, 3.05) is 12.3 Å². The lowest BCUT2D eigenvalue weighted by Crippen LogP contribution is -2.52. The molecule has 0 bridgehead atoms. The van der Waals surface area contributed by atoms with Gasteiger partial charge in [-0.3, -0.25) is 4.79 Å². The van der Waals surface area contributed by atoms with Crippen LogP contribution in [0, 0.1) is 0 Å². The lowest BCUT2D eigenvalue weighted by molar-refractivity contribution is -0.155. The van der Waals surface area contributed by atoms with Crippen LogP contribution in [-0.2, 0) is 9.59 Å². The molecule has 0 aliphatic carbocycles. The van der Waals surface area contributed by atoms with Crippen LogP contribution in [0.4, 0.5) is 5.69 Å². The van der Waals surface area contributed by atoms with Crippen LogP contribution < -0.4 is 5.73 Å². The Kier molecular flexibility index (Phi) is 4.31. The predicted octanol–water partition coefficient (Wildman–Crippen LogP) is 2.14. The number of carbonyl (C=O) groups excluding carboxylic acids is 1. The van der Waals surface area contributed by atoms with E-state index < -0.39 is 11.5 Å². The van der Waals surface area contributed by atoms with Crippen LogP contribution in [0.2, 0.25) is 0 Å². The summed E-state index contributed by atoms with van der Waals surface area (Å²) in [5.74, 6) is -1.19. The Morgan fingerprint density at radius 1 is 1.48 bits per heavy atom. The van der Waals surface area contributed by atoms with Gasteiger partial charge in [0.2, 0.25) is 5.91 Å². The van der Waals surface area contributed by atoms with Crippen LogP contribution in [0.5, 0.6) is 0 Å². The third-order valence-corrected chi connectivity index (χ3v) is 4.07. The number of benzene rings is 1. The SMILES string of the molecule is CCC1(C(=O)O)CCCN1C(=O)/C=C/c1cccc(N)c1. The number of nitrogens with zero attached hydrogens (tertiary/aromatic N) is 1. The maximum absolute atomic E-state index is 12.3. The van der Waals surface area contributed by atoms with Crippen molar-refractivity contribution >= 4 is 23.6 Å². The number of likely N-dealkylation sites (tertiary alicyclic amines) is 1. The fourth-order valence-electron chi connectivity index (χ4n) is 2.86. The Bertz CT molecular complexity index is 583. The number of hydrogen-bond acceptors (Lipinski definition) is 3. The van der Waals surface area contributed by atoms with Crippen LogP contribution >= 0.6 is 0 Å². The van der Waals surface area contributed by atoms with Gasteiger partial charge in [-0.2, -0.15) is 0 Å². The number of anilines is 1. The minimum Gasteiger partial charge on any atom is -0.479 e. The zero-order valence-electron chi connectivity index (χ0n) is 12.1. The van der Waals surface area contributed by atoms with Gasteiger partial charge in [-0.15, -0.1) is 0 Å². The molecule has 0 saturated carbocycles. The Morgan fingerprint density at radius 2 is 2.24 bits per heavy atom. The van der Waals surface area contributed by atoms with Gasteiger partial charge < -0.3 is 15.7 Å². The minimum atomic E-state index is -1.06. The summed E-state index contributed by atoms with van der Waals surface area (Å²) in [5, 5.41) is 9.47. The molecule has 1 amide bonds. The highest BCUT2D eigenvalue weighted by molar-refractivity contribution is 5.96. The molecule has 5 nitrogen and oxygen atoms in total. The molecule has 112 valence electrons. The molecule has 1 aliphatic heterocycles. The number of hydrogen-bond donors (Lipinski definition) is 2. The molecular weight excluding hydrogens is 268 g/mol. The number of carboxylic acids is 1. The molecule has 0 aromatic heterocycles. The van der Waals surface area contributed by atoms with Gasteiger partial charge >= 0.3 is 5.97 Å². The predicted molar refractivity (Wildman–Crippen MR) is 81.5 cm³/mol. The number of carboxylic acid groups (broad SMARTS) is 1. The van der Waals surface area contributed by atoms with Crippen LogP contribution in [-0.4, -0.2) is 34.0 Å². The van der Waals surface area contributed by atoms with Gasteiger partial charge in [0.1, 0.15) is 5.54 Å². The van der Waals surface area contributed by atoms with E-state index in [0.29, 0.717) is 25.1 Å². The molecule has 21 heavy (non-hydrogen) atoms. The first-order valence-electron chi connectivity index (χ1n) is 7.08. The van der Waals surface area contributed by atoms with Gasteiger partial charge in [-0.1, -0.05) is 19.1 Å². The van der Waals surface area contributed by atoms with Crippen molar-refractivity contribution < 1.29 is 14.7 Å². The second-order valence-corrected chi connectivity index (χ2v) is 5.29. The number of aliphatic carboxylic acids is 1. The van der Waals surface area contributed by atoms with E-state index >= 15 is 0 Å². The van der Waals surface area contributed by atoms with Crippen molar-refractivity contribution in [3.63, 3.8) is 0 Å². The van der Waals surface area contributed by atoms with Crippen LogP contribution in [0.15, 0.2) is 30.3 Å². The van der Waals surface area contributed by atoms with Gasteiger partial charge in [-0.25, -0.2) is 4.79 Å². The quantitative estimate of drug-likeness (QED) is 0.656. The highest BCUT2D eigenvalue weighted by Crippen LogP contribution is 2.33. The average molecular weight is 288 g/mol. The zero-order valence-corrected chi connectivity index (χ0v) is 12.1. The van der Waals surface area contributed by atoms with Crippen LogP contribution in [0.3, 0.4) is 0 Å². The van der Waals surface area contributed by atoms with E-state index in [2.05, 4.69) is 0 Å². The van der Waals surface area contributed by atoms with E-state index in [1.165, 1.54) is 11.0 Å². The third-order valence-electron chi connectivity index (χ3n) is 4.07. The fourth-order valence-corrected chi connectivity index (χ4v) is 2.86. The topological polar surface area (TPSA) is 83.6 Å². The molecule has 1 atom stereocenters. The first kappa shape index (κ1) is 15.1. The summed E-state index contributed by atoms with van der Waals surface area (Å²) in [6.45, 7) is 2.29. The standard InChI is InChI=1S/C16H20N2O3/c1-2-16(15(20)21)9-4-10-18(16)14(19)8-7-12-5-3-6-13(17)11-12/h3,5-8,11H,2,4,9-10,17H2,1H3,(H,20,21)/b8-7+. The molecule has 0 spiro atoms. The largest absolute Gasteiger partial charge is 0.479 e. The summed E-state index contributed by atoms with van der Waals surface area (Å²) in [6.07, 6.45) is 4.74. The van der Waals surface area contributed by atoms with Crippen molar-refractivity contribution in [2.24, 2.45) is 0 Å². The second kappa shape index (κ2) is 5.99. The zero-order chi connectivity index (χ0) is 15.5. The van der Waals surface area contributed by atoms with Crippen molar-refractivity contribution in [1.29, 1.82) is 0 Å². The molecule has 1 unspecified atom stereocenters. The molecule has 1 aromatic rings. The number of nitrogens with two attached hydrogens (primary N) is 1. The van der Waals surface area contributed by atoms with Gasteiger partial charge in [0.05, 0.1) is 0 Å². The van der Waals surface area contributed by atoms with Gasteiger partial charge in [0.15, 0.2) is 0 Å². The molecule has 0 radical (unpaired) electrons. The molecule has 5 heteroatoms. The molecule has 1 fully saturated rings. The molecule has 2 rings (SSSR count). The van der Waals surface area contributed by atoms with E-state index in [1.807, 2.05) is 12.1 Å². The summed E-state index contributed by atoms with van der Waals surface area (Å²) in [5.41, 5.74) is 6.07. The fraction of sp³-hybridized carbons (Fsp3) is 0.375. The lowest BCUT2D eigenvalue weighted by Gasteiger charge is -2.33. The Hall–Kier alpha value is -2.30. The van der Waals surface area contributed by atoms with E-state index in [1.54, 1.807) is 25.1 Å².